The zero-order valence-corrected chi connectivity index (χ0v) is 15.5. The summed E-state index contributed by atoms with van der Waals surface area (Å²) < 4.78 is 7.87. The molecule has 1 atom stereocenters. The summed E-state index contributed by atoms with van der Waals surface area (Å²) in [5.41, 5.74) is 4.10. The van der Waals surface area contributed by atoms with E-state index in [0.717, 1.165) is 42.0 Å². The van der Waals surface area contributed by atoms with Gasteiger partial charge in [0.1, 0.15) is 11.8 Å². The van der Waals surface area contributed by atoms with E-state index < -0.39 is 0 Å². The summed E-state index contributed by atoms with van der Waals surface area (Å²) in [6.45, 7) is 3.45. The molecular weight excluding hydrogens is 358 g/mol. The second-order valence-corrected chi connectivity index (χ2v) is 7.66. The van der Waals surface area contributed by atoms with Gasteiger partial charge < -0.3 is 4.74 Å². The molecule has 27 heavy (non-hydrogen) atoms. The van der Waals surface area contributed by atoms with Gasteiger partial charge in [-0.05, 0) is 35.2 Å². The minimum atomic E-state index is -0.0528. The molecular formula is C20H19N5OS. The van der Waals surface area contributed by atoms with E-state index in [2.05, 4.69) is 49.8 Å². The fraction of sp³-hybridized carbons (Fsp3) is 0.250. The van der Waals surface area contributed by atoms with Gasteiger partial charge in [0.25, 0.3) is 0 Å². The standard InChI is InChI=1S/C20H19N5OS/c1-2-17(27-11-1)13-24-9-10-26-19(14-24)20-18-4-3-16(12-25(18)23-22-20)15-5-7-21-8-6-15/h1-8,11-12,19H,9-10,13-14H2. The summed E-state index contributed by atoms with van der Waals surface area (Å²) in [5.74, 6) is 0. The number of nitrogens with zero attached hydrogens (tertiary/aromatic N) is 5. The highest BCUT2D eigenvalue weighted by Crippen LogP contribution is 2.27. The van der Waals surface area contributed by atoms with Gasteiger partial charge in [0.05, 0.1) is 12.1 Å². The van der Waals surface area contributed by atoms with Crippen molar-refractivity contribution in [3.63, 3.8) is 0 Å². The third-order valence-corrected chi connectivity index (χ3v) is 5.73. The quantitative estimate of drug-likeness (QED) is 0.545. The van der Waals surface area contributed by atoms with Crippen LogP contribution in [-0.4, -0.2) is 44.4 Å². The first-order chi connectivity index (χ1) is 13.4. The van der Waals surface area contributed by atoms with Crippen LogP contribution in [0.3, 0.4) is 0 Å². The lowest BCUT2D eigenvalue weighted by Gasteiger charge is -2.31. The summed E-state index contributed by atoms with van der Waals surface area (Å²) in [6, 6.07) is 12.4. The lowest BCUT2D eigenvalue weighted by Crippen LogP contribution is -2.37. The molecule has 5 rings (SSSR count). The van der Waals surface area contributed by atoms with Gasteiger partial charge >= 0.3 is 0 Å². The van der Waals surface area contributed by atoms with Gasteiger partial charge in [0.2, 0.25) is 0 Å². The largest absolute Gasteiger partial charge is 0.369 e. The van der Waals surface area contributed by atoms with E-state index in [1.54, 1.807) is 23.7 Å². The Hall–Kier alpha value is -2.61. The summed E-state index contributed by atoms with van der Waals surface area (Å²) in [7, 11) is 0. The molecule has 4 aromatic rings. The topological polar surface area (TPSA) is 55.5 Å². The Labute approximate surface area is 161 Å². The molecule has 1 unspecified atom stereocenters. The number of hydrogen-bond acceptors (Lipinski definition) is 6. The summed E-state index contributed by atoms with van der Waals surface area (Å²) >= 11 is 1.80. The molecule has 0 aliphatic carbocycles. The predicted molar refractivity (Wildman–Crippen MR) is 105 cm³/mol. The third-order valence-electron chi connectivity index (χ3n) is 4.87. The maximum atomic E-state index is 6.03. The van der Waals surface area contributed by atoms with Crippen molar-refractivity contribution in [3.8, 4) is 11.1 Å². The molecule has 1 aliphatic heterocycles. The minimum absolute atomic E-state index is 0.0528. The van der Waals surface area contributed by atoms with Crippen molar-refractivity contribution in [2.24, 2.45) is 0 Å². The number of thiophene rings is 1. The molecule has 7 heteroatoms. The van der Waals surface area contributed by atoms with E-state index in [1.165, 1.54) is 4.88 Å². The zero-order valence-electron chi connectivity index (χ0n) is 14.7. The second-order valence-electron chi connectivity index (χ2n) is 6.63. The fourth-order valence-electron chi connectivity index (χ4n) is 3.49. The van der Waals surface area contributed by atoms with Crippen molar-refractivity contribution in [1.82, 2.24) is 24.7 Å². The Morgan fingerprint density at radius 1 is 1.11 bits per heavy atom. The molecule has 0 bridgehead atoms. The molecule has 0 saturated carbocycles. The summed E-state index contributed by atoms with van der Waals surface area (Å²) in [4.78, 5) is 7.88. The summed E-state index contributed by atoms with van der Waals surface area (Å²) in [6.07, 6.45) is 5.55. The van der Waals surface area contributed by atoms with Gasteiger partial charge in [-0.3, -0.25) is 9.88 Å². The first kappa shape index (κ1) is 16.6. The van der Waals surface area contributed by atoms with Gasteiger partial charge in [-0.2, -0.15) is 0 Å². The van der Waals surface area contributed by atoms with Crippen LogP contribution in [0.25, 0.3) is 16.6 Å². The normalized spacial score (nSPS) is 18.1. The highest BCUT2D eigenvalue weighted by Gasteiger charge is 2.26. The Kier molecular flexibility index (Phi) is 4.41. The molecule has 4 aromatic heterocycles. The van der Waals surface area contributed by atoms with Crippen molar-refractivity contribution >= 4 is 16.9 Å². The van der Waals surface area contributed by atoms with Crippen LogP contribution in [0.1, 0.15) is 16.7 Å². The van der Waals surface area contributed by atoms with Gasteiger partial charge in [-0.1, -0.05) is 17.3 Å². The lowest BCUT2D eigenvalue weighted by atomic mass is 10.1. The van der Waals surface area contributed by atoms with Crippen molar-refractivity contribution in [2.75, 3.05) is 19.7 Å². The number of rotatable bonds is 4. The van der Waals surface area contributed by atoms with Crippen LogP contribution >= 0.6 is 11.3 Å². The Morgan fingerprint density at radius 2 is 2.04 bits per heavy atom. The van der Waals surface area contributed by atoms with Crippen LogP contribution in [0.5, 0.6) is 0 Å². The predicted octanol–water partition coefficient (Wildman–Crippen LogP) is 3.43. The number of morpholine rings is 1. The molecule has 0 N–H and O–H groups in total. The van der Waals surface area contributed by atoms with Gasteiger partial charge in [0, 0.05) is 48.7 Å². The van der Waals surface area contributed by atoms with E-state index in [0.29, 0.717) is 6.61 Å². The van der Waals surface area contributed by atoms with Crippen molar-refractivity contribution in [1.29, 1.82) is 0 Å². The van der Waals surface area contributed by atoms with Crippen LogP contribution in [-0.2, 0) is 11.3 Å². The zero-order chi connectivity index (χ0) is 18.1. The van der Waals surface area contributed by atoms with Crippen LogP contribution in [0.4, 0.5) is 0 Å². The van der Waals surface area contributed by atoms with Crippen molar-refractivity contribution in [2.45, 2.75) is 12.6 Å². The Balaban J connectivity index is 1.39. The van der Waals surface area contributed by atoms with Crippen LogP contribution in [0.2, 0.25) is 0 Å². The van der Waals surface area contributed by atoms with Gasteiger partial charge in [0.15, 0.2) is 0 Å². The number of hydrogen-bond donors (Lipinski definition) is 0. The van der Waals surface area contributed by atoms with E-state index in [1.807, 2.05) is 22.8 Å². The molecule has 0 spiro atoms. The van der Waals surface area contributed by atoms with Crippen LogP contribution < -0.4 is 0 Å². The van der Waals surface area contributed by atoms with Gasteiger partial charge in [-0.25, -0.2) is 4.52 Å². The van der Waals surface area contributed by atoms with E-state index in [9.17, 15) is 0 Å². The van der Waals surface area contributed by atoms with E-state index in [-0.39, 0.29) is 6.10 Å². The Bertz CT molecular complexity index is 1030. The van der Waals surface area contributed by atoms with Crippen LogP contribution in [0.15, 0.2) is 60.4 Å². The van der Waals surface area contributed by atoms with Crippen molar-refractivity contribution < 1.29 is 4.74 Å². The van der Waals surface area contributed by atoms with Gasteiger partial charge in [-0.15, -0.1) is 16.4 Å². The second kappa shape index (κ2) is 7.19. The number of aromatic nitrogens is 4. The number of fused-ring (bicyclic) bond motifs is 1. The average Bonchev–Trinajstić information content (AvgIpc) is 3.38. The molecule has 0 amide bonds. The minimum Gasteiger partial charge on any atom is -0.369 e. The Morgan fingerprint density at radius 3 is 2.89 bits per heavy atom. The van der Waals surface area contributed by atoms with Crippen LogP contribution in [0, 0.1) is 0 Å². The van der Waals surface area contributed by atoms with E-state index in [4.69, 9.17) is 4.74 Å². The number of pyridine rings is 2. The maximum absolute atomic E-state index is 6.03. The third kappa shape index (κ3) is 3.37. The monoisotopic (exact) mass is 377 g/mol. The highest BCUT2D eigenvalue weighted by molar-refractivity contribution is 7.09. The number of ether oxygens (including phenoxy) is 1. The summed E-state index contributed by atoms with van der Waals surface area (Å²) in [5, 5.41) is 10.9. The molecule has 0 radical (unpaired) electrons. The van der Waals surface area contributed by atoms with E-state index >= 15 is 0 Å². The molecule has 1 fully saturated rings. The lowest BCUT2D eigenvalue weighted by molar-refractivity contribution is -0.0340. The molecule has 136 valence electrons. The molecule has 5 heterocycles. The maximum Gasteiger partial charge on any atom is 0.121 e. The molecule has 1 saturated heterocycles. The van der Waals surface area contributed by atoms with Crippen molar-refractivity contribution in [3.05, 3.63) is 70.9 Å². The average molecular weight is 377 g/mol. The smallest absolute Gasteiger partial charge is 0.121 e. The first-order valence-corrected chi connectivity index (χ1v) is 9.86. The molecule has 0 aromatic carbocycles. The SMILES string of the molecule is c1csc(CN2CCOC(c3nnn4cc(-c5ccncc5)ccc34)C2)c1. The molecule has 1 aliphatic rings. The fourth-order valence-corrected chi connectivity index (χ4v) is 4.24. The highest BCUT2D eigenvalue weighted by atomic mass is 32.1. The first-order valence-electron chi connectivity index (χ1n) is 8.98. The molecule has 6 nitrogen and oxygen atoms in total.